The molecule has 0 bridgehead atoms. The highest BCUT2D eigenvalue weighted by molar-refractivity contribution is 6.31. The van der Waals surface area contributed by atoms with Crippen LogP contribution >= 0.6 is 11.6 Å². The van der Waals surface area contributed by atoms with Crippen molar-refractivity contribution in [3.63, 3.8) is 0 Å². The van der Waals surface area contributed by atoms with E-state index in [1.807, 2.05) is 31.2 Å². The quantitative estimate of drug-likeness (QED) is 0.555. The van der Waals surface area contributed by atoms with Crippen molar-refractivity contribution in [2.45, 2.75) is 58.2 Å². The zero-order valence-electron chi connectivity index (χ0n) is 17.9. The molecular formula is C25H25ClN2O4. The summed E-state index contributed by atoms with van der Waals surface area (Å²) >= 11 is 6.13. The van der Waals surface area contributed by atoms with Crippen molar-refractivity contribution in [1.82, 2.24) is 10.2 Å². The fraction of sp³-hybridized carbons (Fsp3) is 0.360. The molecule has 0 spiro atoms. The van der Waals surface area contributed by atoms with E-state index in [0.717, 1.165) is 22.3 Å². The van der Waals surface area contributed by atoms with Crippen molar-refractivity contribution in [2.75, 3.05) is 0 Å². The van der Waals surface area contributed by atoms with Crippen LogP contribution in [-0.2, 0) is 33.9 Å². The molecule has 6 nitrogen and oxygen atoms in total. The number of nitrogens with one attached hydrogen (secondary N) is 1. The average Bonchev–Trinajstić information content (AvgIpc) is 2.97. The molecule has 0 saturated heterocycles. The van der Waals surface area contributed by atoms with E-state index in [4.69, 9.17) is 11.6 Å². The highest BCUT2D eigenvalue weighted by atomic mass is 35.5. The molecule has 1 fully saturated rings. The van der Waals surface area contributed by atoms with Crippen molar-refractivity contribution in [3.05, 3.63) is 69.2 Å². The third-order valence-electron chi connectivity index (χ3n) is 6.14. The summed E-state index contributed by atoms with van der Waals surface area (Å²) in [6.07, 6.45) is 1.69. The van der Waals surface area contributed by atoms with Crippen LogP contribution in [0.1, 0.15) is 58.3 Å². The van der Waals surface area contributed by atoms with Gasteiger partial charge in [-0.15, -0.1) is 0 Å². The molecule has 1 aliphatic heterocycles. The number of carbonyl (C=O) groups is 4. The number of ketones is 2. The predicted octanol–water partition coefficient (Wildman–Crippen LogP) is 3.54. The van der Waals surface area contributed by atoms with Gasteiger partial charge in [-0.1, -0.05) is 35.9 Å². The standard InChI is InChI=1S/C25H25ClN2O4/c1-15-5-6-16(10-21(15)26)11-24(31)27-13-17-7-8-20-18(9-17)14-28(25(20)32)22-4-2-3-19(29)12-23(22)30/h5-10,22H,2-4,11-14H2,1H3,(H,27,31). The van der Waals surface area contributed by atoms with Gasteiger partial charge >= 0.3 is 0 Å². The van der Waals surface area contributed by atoms with Gasteiger partial charge in [-0.05, 0) is 54.2 Å². The Balaban J connectivity index is 1.39. The lowest BCUT2D eigenvalue weighted by molar-refractivity contribution is -0.128. The van der Waals surface area contributed by atoms with Crippen LogP contribution in [-0.4, -0.2) is 34.3 Å². The predicted molar refractivity (Wildman–Crippen MR) is 120 cm³/mol. The zero-order valence-corrected chi connectivity index (χ0v) is 18.7. The van der Waals surface area contributed by atoms with Gasteiger partial charge in [-0.3, -0.25) is 19.2 Å². The van der Waals surface area contributed by atoms with E-state index in [2.05, 4.69) is 5.32 Å². The molecule has 2 aromatic carbocycles. The van der Waals surface area contributed by atoms with Gasteiger partial charge in [0.1, 0.15) is 5.78 Å². The number of hydrogen-bond donors (Lipinski definition) is 1. The molecule has 1 saturated carbocycles. The lowest BCUT2D eigenvalue weighted by atomic mass is 10.1. The lowest BCUT2D eigenvalue weighted by Gasteiger charge is -2.25. The Labute approximate surface area is 191 Å². The van der Waals surface area contributed by atoms with Crippen LogP contribution in [0.4, 0.5) is 0 Å². The van der Waals surface area contributed by atoms with Gasteiger partial charge in [-0.25, -0.2) is 0 Å². The zero-order chi connectivity index (χ0) is 22.8. The van der Waals surface area contributed by atoms with E-state index in [-0.39, 0.29) is 36.2 Å². The molecule has 4 rings (SSSR count). The van der Waals surface area contributed by atoms with Gasteiger partial charge < -0.3 is 10.2 Å². The van der Waals surface area contributed by atoms with E-state index < -0.39 is 6.04 Å². The summed E-state index contributed by atoms with van der Waals surface area (Å²) in [5, 5.41) is 3.55. The second kappa shape index (κ2) is 9.25. The molecule has 32 heavy (non-hydrogen) atoms. The second-order valence-electron chi connectivity index (χ2n) is 8.55. The summed E-state index contributed by atoms with van der Waals surface area (Å²) in [6.45, 7) is 2.61. The van der Waals surface area contributed by atoms with Crippen molar-refractivity contribution in [3.8, 4) is 0 Å². The topological polar surface area (TPSA) is 83.6 Å². The number of hydrogen-bond acceptors (Lipinski definition) is 4. The number of fused-ring (bicyclic) bond motifs is 1. The molecule has 0 aromatic heterocycles. The normalized spacial score (nSPS) is 18.5. The largest absolute Gasteiger partial charge is 0.352 e. The van der Waals surface area contributed by atoms with Gasteiger partial charge in [0.2, 0.25) is 5.91 Å². The second-order valence-corrected chi connectivity index (χ2v) is 8.96. The molecule has 0 radical (unpaired) electrons. The minimum Gasteiger partial charge on any atom is -0.352 e. The number of Topliss-reactive ketones (excluding diaryl/α,β-unsaturated/α-hetero) is 2. The SMILES string of the molecule is Cc1ccc(CC(=O)NCc2ccc3c(c2)CN(C2CCCC(=O)CC2=O)C3=O)cc1Cl. The molecule has 1 aliphatic carbocycles. The highest BCUT2D eigenvalue weighted by Crippen LogP contribution is 2.29. The summed E-state index contributed by atoms with van der Waals surface area (Å²) in [4.78, 5) is 51.0. The fourth-order valence-electron chi connectivity index (χ4n) is 4.34. The molecule has 1 N–H and O–H groups in total. The first-order chi connectivity index (χ1) is 15.3. The lowest BCUT2D eigenvalue weighted by Crippen LogP contribution is -2.41. The first-order valence-electron chi connectivity index (χ1n) is 10.8. The van der Waals surface area contributed by atoms with Gasteiger partial charge in [0.05, 0.1) is 18.9 Å². The minimum atomic E-state index is -0.536. The Hall–Kier alpha value is -2.99. The van der Waals surface area contributed by atoms with E-state index in [0.29, 0.717) is 42.9 Å². The number of aryl methyl sites for hydroxylation is 1. The fourth-order valence-corrected chi connectivity index (χ4v) is 4.54. The summed E-state index contributed by atoms with van der Waals surface area (Å²) in [5.74, 6) is -0.499. The van der Waals surface area contributed by atoms with Crippen molar-refractivity contribution in [1.29, 1.82) is 0 Å². The molecule has 2 amide bonds. The number of rotatable bonds is 5. The van der Waals surface area contributed by atoms with Crippen molar-refractivity contribution in [2.24, 2.45) is 0 Å². The molecule has 166 valence electrons. The van der Waals surface area contributed by atoms with E-state index in [1.54, 1.807) is 17.0 Å². The third-order valence-corrected chi connectivity index (χ3v) is 6.55. The Morgan fingerprint density at radius 1 is 1.12 bits per heavy atom. The molecule has 1 atom stereocenters. The number of nitrogens with zero attached hydrogens (tertiary/aromatic N) is 1. The summed E-state index contributed by atoms with van der Waals surface area (Å²) in [5.41, 5.74) is 4.12. The maximum Gasteiger partial charge on any atom is 0.255 e. The van der Waals surface area contributed by atoms with Crippen LogP contribution in [0.15, 0.2) is 36.4 Å². The first kappa shape index (κ1) is 22.2. The van der Waals surface area contributed by atoms with Gasteiger partial charge in [0, 0.05) is 30.1 Å². The Bertz CT molecular complexity index is 1110. The van der Waals surface area contributed by atoms with E-state index >= 15 is 0 Å². The smallest absolute Gasteiger partial charge is 0.255 e. The highest BCUT2D eigenvalue weighted by Gasteiger charge is 2.37. The number of carbonyl (C=O) groups excluding carboxylic acids is 4. The number of halogens is 1. The Morgan fingerprint density at radius 3 is 2.69 bits per heavy atom. The maximum atomic E-state index is 12.9. The minimum absolute atomic E-state index is 0.0485. The molecule has 1 heterocycles. The van der Waals surface area contributed by atoms with E-state index in [9.17, 15) is 19.2 Å². The van der Waals surface area contributed by atoms with Crippen molar-refractivity contribution >= 4 is 35.0 Å². The van der Waals surface area contributed by atoms with Crippen LogP contribution in [0, 0.1) is 6.92 Å². The Morgan fingerprint density at radius 2 is 1.91 bits per heavy atom. The summed E-state index contributed by atoms with van der Waals surface area (Å²) in [7, 11) is 0. The van der Waals surface area contributed by atoms with Gasteiger partial charge in [-0.2, -0.15) is 0 Å². The van der Waals surface area contributed by atoms with Crippen molar-refractivity contribution < 1.29 is 19.2 Å². The monoisotopic (exact) mass is 452 g/mol. The average molecular weight is 453 g/mol. The van der Waals surface area contributed by atoms with Crippen LogP contribution in [0.3, 0.4) is 0 Å². The molecule has 7 heteroatoms. The third kappa shape index (κ3) is 4.75. The maximum absolute atomic E-state index is 12.9. The van der Waals surface area contributed by atoms with E-state index in [1.165, 1.54) is 0 Å². The molecule has 2 aromatic rings. The van der Waals surface area contributed by atoms with Crippen LogP contribution in [0.25, 0.3) is 0 Å². The number of amides is 2. The van der Waals surface area contributed by atoms with Gasteiger partial charge in [0.15, 0.2) is 5.78 Å². The molecule has 2 aliphatic rings. The summed E-state index contributed by atoms with van der Waals surface area (Å²) in [6, 6.07) is 10.5. The van der Waals surface area contributed by atoms with Gasteiger partial charge in [0.25, 0.3) is 5.91 Å². The molecule has 1 unspecified atom stereocenters. The Kier molecular flexibility index (Phi) is 6.42. The van der Waals surface area contributed by atoms with Crippen LogP contribution < -0.4 is 5.32 Å². The van der Waals surface area contributed by atoms with Crippen LogP contribution in [0.2, 0.25) is 5.02 Å². The van der Waals surface area contributed by atoms with Crippen LogP contribution in [0.5, 0.6) is 0 Å². The summed E-state index contributed by atoms with van der Waals surface area (Å²) < 4.78 is 0. The number of benzene rings is 2. The molecular weight excluding hydrogens is 428 g/mol. The first-order valence-corrected chi connectivity index (χ1v) is 11.2.